The normalized spacial score (nSPS) is 34.6. The van der Waals surface area contributed by atoms with E-state index < -0.39 is 18.3 Å². The van der Waals surface area contributed by atoms with Crippen LogP contribution in [0, 0.1) is 5.92 Å². The molecule has 84 valence electrons. The van der Waals surface area contributed by atoms with E-state index in [1.807, 2.05) is 13.8 Å². The fourth-order valence-corrected chi connectivity index (χ4v) is 1.79. The minimum Gasteiger partial charge on any atom is -0.435 e. The Morgan fingerprint density at radius 1 is 1.67 bits per heavy atom. The predicted molar refractivity (Wildman–Crippen MR) is 52.8 cm³/mol. The van der Waals surface area contributed by atoms with Gasteiger partial charge in [-0.05, 0) is 17.9 Å². The molecule has 1 unspecified atom stereocenters. The Kier molecular flexibility index (Phi) is 3.94. The summed E-state index contributed by atoms with van der Waals surface area (Å²) in [5, 5.41) is 3.62. The van der Waals surface area contributed by atoms with Crippen molar-refractivity contribution in [2.24, 2.45) is 11.0 Å². The minimum absolute atomic E-state index is 0.0233. The second-order valence-corrected chi connectivity index (χ2v) is 3.62. The second kappa shape index (κ2) is 5.00. The van der Waals surface area contributed by atoms with E-state index in [2.05, 4.69) is 10.0 Å². The lowest BCUT2D eigenvalue weighted by Gasteiger charge is -2.14. The van der Waals surface area contributed by atoms with Gasteiger partial charge in [-0.3, -0.25) is 4.79 Å². The smallest absolute Gasteiger partial charge is 0.304 e. The molecule has 1 saturated heterocycles. The number of nitrogens with zero attached hydrogens (tertiary/aromatic N) is 3. The van der Waals surface area contributed by atoms with Crippen LogP contribution in [-0.2, 0) is 14.3 Å². The summed E-state index contributed by atoms with van der Waals surface area (Å²) in [6.07, 6.45) is 0.0410. The van der Waals surface area contributed by atoms with E-state index >= 15 is 0 Å². The number of ether oxygens (including phenoxy) is 2. The summed E-state index contributed by atoms with van der Waals surface area (Å²) in [4.78, 5) is 13.6. The molecule has 0 aromatic rings. The van der Waals surface area contributed by atoms with Gasteiger partial charge in [0.2, 0.25) is 6.29 Å². The average molecular weight is 213 g/mol. The lowest BCUT2D eigenvalue weighted by atomic mass is 9.98. The molecule has 6 nitrogen and oxygen atoms in total. The number of hydrogen-bond acceptors (Lipinski definition) is 4. The molecule has 1 rings (SSSR count). The Morgan fingerprint density at radius 2 is 2.33 bits per heavy atom. The third kappa shape index (κ3) is 2.61. The third-order valence-corrected chi connectivity index (χ3v) is 2.58. The molecule has 0 N–H and O–H groups in total. The summed E-state index contributed by atoms with van der Waals surface area (Å²) in [6.45, 7) is 5.21. The standard InChI is InChI=1S/C9H15N3O3/c1-4-7-5(2)8(11-12-10)9(15-7)14-6(3)13/h5,7-9H,4H2,1-3H3/t5-,7-,8-,9?/m1/s1. The molecular formula is C9H15N3O3. The highest BCUT2D eigenvalue weighted by atomic mass is 16.7. The van der Waals surface area contributed by atoms with Crippen LogP contribution in [-0.4, -0.2) is 24.4 Å². The van der Waals surface area contributed by atoms with Crippen LogP contribution < -0.4 is 0 Å². The van der Waals surface area contributed by atoms with Crippen molar-refractivity contribution in [2.75, 3.05) is 0 Å². The Hall–Kier alpha value is -1.26. The van der Waals surface area contributed by atoms with Crippen LogP contribution in [0.1, 0.15) is 27.2 Å². The van der Waals surface area contributed by atoms with Crippen molar-refractivity contribution in [1.82, 2.24) is 0 Å². The maximum absolute atomic E-state index is 10.8. The van der Waals surface area contributed by atoms with Crippen LogP contribution in [0.3, 0.4) is 0 Å². The van der Waals surface area contributed by atoms with Crippen LogP contribution in [0.25, 0.3) is 10.4 Å². The Balaban J connectivity index is 2.77. The number of esters is 1. The molecule has 0 bridgehead atoms. The number of carbonyl (C=O) groups excluding carboxylic acids is 1. The first-order valence-corrected chi connectivity index (χ1v) is 4.97. The summed E-state index contributed by atoms with van der Waals surface area (Å²) < 4.78 is 10.4. The van der Waals surface area contributed by atoms with Gasteiger partial charge in [0.25, 0.3) is 0 Å². The first-order valence-electron chi connectivity index (χ1n) is 4.97. The van der Waals surface area contributed by atoms with Gasteiger partial charge in [0.15, 0.2) is 0 Å². The highest BCUT2D eigenvalue weighted by Gasteiger charge is 2.42. The van der Waals surface area contributed by atoms with Gasteiger partial charge in [-0.1, -0.05) is 19.0 Å². The first-order chi connectivity index (χ1) is 7.10. The van der Waals surface area contributed by atoms with Crippen LogP contribution >= 0.6 is 0 Å². The zero-order valence-electron chi connectivity index (χ0n) is 9.08. The quantitative estimate of drug-likeness (QED) is 0.311. The van der Waals surface area contributed by atoms with Gasteiger partial charge in [0.05, 0.1) is 6.10 Å². The molecule has 6 heteroatoms. The maximum Gasteiger partial charge on any atom is 0.304 e. The lowest BCUT2D eigenvalue weighted by Crippen LogP contribution is -2.27. The van der Waals surface area contributed by atoms with Crippen molar-refractivity contribution in [3.8, 4) is 0 Å². The second-order valence-electron chi connectivity index (χ2n) is 3.62. The van der Waals surface area contributed by atoms with Crippen molar-refractivity contribution in [3.63, 3.8) is 0 Å². The van der Waals surface area contributed by atoms with Crippen LogP contribution in [0.2, 0.25) is 0 Å². The molecule has 4 atom stereocenters. The molecule has 0 aromatic carbocycles. The van der Waals surface area contributed by atoms with E-state index in [-0.39, 0.29) is 12.0 Å². The number of azide groups is 1. The SMILES string of the molecule is CC[C@H]1OC(OC(C)=O)[C@H](N=[N+]=[N-])[C@@H]1C. The molecule has 1 fully saturated rings. The Labute approximate surface area is 88.2 Å². The molecule has 1 aliphatic heterocycles. The van der Waals surface area contributed by atoms with Crippen molar-refractivity contribution >= 4 is 5.97 Å². The summed E-state index contributed by atoms with van der Waals surface area (Å²) in [5.74, 6) is -0.364. The van der Waals surface area contributed by atoms with Gasteiger partial charge in [-0.25, -0.2) is 0 Å². The zero-order chi connectivity index (χ0) is 11.4. The topological polar surface area (TPSA) is 84.3 Å². The largest absolute Gasteiger partial charge is 0.435 e. The average Bonchev–Trinajstić information content (AvgIpc) is 2.45. The van der Waals surface area contributed by atoms with Crippen LogP contribution in [0.4, 0.5) is 0 Å². The molecule has 0 radical (unpaired) electrons. The fraction of sp³-hybridized carbons (Fsp3) is 0.889. The van der Waals surface area contributed by atoms with E-state index in [1.165, 1.54) is 6.92 Å². The summed E-state index contributed by atoms with van der Waals surface area (Å²) >= 11 is 0. The molecule has 0 amide bonds. The number of hydrogen-bond donors (Lipinski definition) is 0. The lowest BCUT2D eigenvalue weighted by molar-refractivity contribution is -0.174. The van der Waals surface area contributed by atoms with Crippen molar-refractivity contribution < 1.29 is 14.3 Å². The molecule has 0 aliphatic carbocycles. The highest BCUT2D eigenvalue weighted by molar-refractivity contribution is 5.66. The van der Waals surface area contributed by atoms with Crippen molar-refractivity contribution in [1.29, 1.82) is 0 Å². The first kappa shape index (κ1) is 11.8. The highest BCUT2D eigenvalue weighted by Crippen LogP contribution is 2.31. The summed E-state index contributed by atoms with van der Waals surface area (Å²) in [5.41, 5.74) is 8.42. The number of carbonyl (C=O) groups is 1. The van der Waals surface area contributed by atoms with E-state index in [1.54, 1.807) is 0 Å². The molecule has 0 saturated carbocycles. The van der Waals surface area contributed by atoms with Gasteiger partial charge in [-0.2, -0.15) is 0 Å². The molecule has 0 aromatic heterocycles. The number of rotatable bonds is 3. The predicted octanol–water partition coefficient (Wildman–Crippen LogP) is 2.00. The third-order valence-electron chi connectivity index (χ3n) is 2.58. The molecule has 1 heterocycles. The molecule has 0 spiro atoms. The molecule has 15 heavy (non-hydrogen) atoms. The molecule has 1 aliphatic rings. The summed E-state index contributed by atoms with van der Waals surface area (Å²) in [6, 6.07) is -0.427. The van der Waals surface area contributed by atoms with Crippen molar-refractivity contribution in [2.45, 2.75) is 45.6 Å². The van der Waals surface area contributed by atoms with Gasteiger partial charge in [0.1, 0.15) is 6.04 Å². The van der Waals surface area contributed by atoms with Crippen molar-refractivity contribution in [3.05, 3.63) is 10.4 Å². The van der Waals surface area contributed by atoms with E-state index in [9.17, 15) is 4.79 Å². The minimum atomic E-state index is -0.738. The monoisotopic (exact) mass is 213 g/mol. The van der Waals surface area contributed by atoms with E-state index in [0.29, 0.717) is 0 Å². The van der Waals surface area contributed by atoms with Crippen LogP contribution in [0.5, 0.6) is 0 Å². The Morgan fingerprint density at radius 3 is 2.80 bits per heavy atom. The van der Waals surface area contributed by atoms with Gasteiger partial charge >= 0.3 is 5.97 Å². The van der Waals surface area contributed by atoms with Gasteiger partial charge in [-0.15, -0.1) is 0 Å². The zero-order valence-corrected chi connectivity index (χ0v) is 9.08. The van der Waals surface area contributed by atoms with E-state index in [4.69, 9.17) is 15.0 Å². The maximum atomic E-state index is 10.8. The van der Waals surface area contributed by atoms with Gasteiger partial charge < -0.3 is 9.47 Å². The summed E-state index contributed by atoms with van der Waals surface area (Å²) in [7, 11) is 0. The van der Waals surface area contributed by atoms with Crippen LogP contribution in [0.15, 0.2) is 5.11 Å². The fourth-order valence-electron chi connectivity index (χ4n) is 1.79. The van der Waals surface area contributed by atoms with E-state index in [0.717, 1.165) is 6.42 Å². The van der Waals surface area contributed by atoms with Gasteiger partial charge in [0, 0.05) is 11.8 Å². The Bertz CT molecular complexity index is 288. The molecular weight excluding hydrogens is 198 g/mol.